The van der Waals surface area contributed by atoms with Gasteiger partial charge in [0.05, 0.1) is 24.7 Å². The molecule has 1 spiro atoms. The lowest BCUT2D eigenvalue weighted by atomic mass is 9.66. The van der Waals surface area contributed by atoms with Crippen LogP contribution in [0.3, 0.4) is 0 Å². The molecule has 35 heavy (non-hydrogen) atoms. The van der Waals surface area contributed by atoms with E-state index in [1.165, 1.54) is 4.90 Å². The van der Waals surface area contributed by atoms with Gasteiger partial charge in [-0.15, -0.1) is 13.2 Å². The second-order valence-corrected chi connectivity index (χ2v) is 10.4. The molecule has 3 saturated heterocycles. The van der Waals surface area contributed by atoms with Crippen molar-refractivity contribution in [3.05, 3.63) is 25.3 Å². The fourth-order valence-corrected chi connectivity index (χ4v) is 6.42. The Bertz CT molecular complexity index is 830. The first-order chi connectivity index (χ1) is 16.7. The minimum atomic E-state index is -1.10. The second kappa shape index (κ2) is 11.2. The van der Waals surface area contributed by atoms with Crippen LogP contribution >= 0.6 is 0 Å². The zero-order valence-electron chi connectivity index (χ0n) is 21.5. The van der Waals surface area contributed by atoms with Gasteiger partial charge in [-0.25, -0.2) is 0 Å². The minimum Gasteiger partial charge on any atom is -0.465 e. The van der Waals surface area contributed by atoms with Crippen molar-refractivity contribution in [2.45, 2.75) is 89.0 Å². The minimum absolute atomic E-state index is 0.0149. The molecule has 3 heterocycles. The van der Waals surface area contributed by atoms with E-state index in [1.807, 2.05) is 19.9 Å². The lowest BCUT2D eigenvalue weighted by Gasteiger charge is -2.38. The first kappa shape index (κ1) is 27.4. The van der Waals surface area contributed by atoms with Gasteiger partial charge in [-0.3, -0.25) is 14.4 Å². The molecule has 0 aromatic rings. The predicted molar refractivity (Wildman–Crippen MR) is 132 cm³/mol. The molecule has 6 atom stereocenters. The Morgan fingerprint density at radius 1 is 1.31 bits per heavy atom. The highest BCUT2D eigenvalue weighted by Crippen LogP contribution is 2.63. The monoisotopic (exact) mass is 490 g/mol. The van der Waals surface area contributed by atoms with E-state index in [0.29, 0.717) is 19.4 Å². The molecule has 3 rings (SSSR count). The average molecular weight is 491 g/mol. The number of rotatable bonds is 14. The van der Waals surface area contributed by atoms with Gasteiger partial charge < -0.3 is 24.4 Å². The first-order valence-electron chi connectivity index (χ1n) is 13.0. The lowest BCUT2D eigenvalue weighted by Crippen LogP contribution is -2.58. The molecule has 0 aliphatic carbocycles. The molecule has 1 N–H and O–H groups in total. The molecule has 3 aliphatic rings. The Morgan fingerprint density at radius 3 is 2.69 bits per heavy atom. The molecule has 196 valence electrons. The van der Waals surface area contributed by atoms with Crippen molar-refractivity contribution in [2.24, 2.45) is 11.8 Å². The summed E-state index contributed by atoms with van der Waals surface area (Å²) < 4.78 is 12.2. The maximum atomic E-state index is 14.1. The summed E-state index contributed by atoms with van der Waals surface area (Å²) in [5, 5.41) is 9.75. The molecule has 3 unspecified atom stereocenters. The van der Waals surface area contributed by atoms with E-state index < -0.39 is 35.0 Å². The van der Waals surface area contributed by atoms with Gasteiger partial charge in [-0.2, -0.15) is 0 Å². The van der Waals surface area contributed by atoms with Crippen molar-refractivity contribution in [3.8, 4) is 0 Å². The fraction of sp³-hybridized carbons (Fsp3) is 0.741. The zero-order chi connectivity index (χ0) is 25.8. The summed E-state index contributed by atoms with van der Waals surface area (Å²) in [6.45, 7) is 13.8. The standard InChI is InChI=1S/C27H42N2O6/c1-6-9-10-11-18-34-25(33)21-20-23(31)29(16-17-30)22(27(20)14-13-26(21,5)35-27)24(32)28(15-8-3)19(4)12-7-2/h6,8,19-22,30H,1,3,7,9-18H2,2,4-5H3/t19?,20-,21+,22?,26-,27?/m0/s1. The predicted octanol–water partition coefficient (Wildman–Crippen LogP) is 2.85. The number of amides is 2. The molecular weight excluding hydrogens is 448 g/mol. The van der Waals surface area contributed by atoms with Crippen molar-refractivity contribution < 1.29 is 29.0 Å². The smallest absolute Gasteiger partial charge is 0.312 e. The maximum absolute atomic E-state index is 14.1. The van der Waals surface area contributed by atoms with E-state index in [9.17, 15) is 19.5 Å². The van der Waals surface area contributed by atoms with Gasteiger partial charge in [0, 0.05) is 19.1 Å². The van der Waals surface area contributed by atoms with Gasteiger partial charge in [-0.05, 0) is 52.4 Å². The lowest BCUT2D eigenvalue weighted by molar-refractivity contribution is -0.160. The van der Waals surface area contributed by atoms with Crippen molar-refractivity contribution in [3.63, 3.8) is 0 Å². The third-order valence-corrected chi connectivity index (χ3v) is 8.00. The Labute approximate surface area is 209 Å². The van der Waals surface area contributed by atoms with E-state index >= 15 is 0 Å². The summed E-state index contributed by atoms with van der Waals surface area (Å²) in [6, 6.07) is -0.934. The van der Waals surface area contributed by atoms with Gasteiger partial charge >= 0.3 is 5.97 Å². The molecule has 0 saturated carbocycles. The van der Waals surface area contributed by atoms with Crippen LogP contribution in [0.25, 0.3) is 0 Å². The van der Waals surface area contributed by atoms with Crippen LogP contribution in [-0.4, -0.2) is 82.3 Å². The highest BCUT2D eigenvalue weighted by atomic mass is 16.6. The number of fused-ring (bicyclic) bond motifs is 1. The summed E-state index contributed by atoms with van der Waals surface area (Å²) in [7, 11) is 0. The number of allylic oxidation sites excluding steroid dienone is 1. The van der Waals surface area contributed by atoms with E-state index in [0.717, 1.165) is 32.1 Å². The summed E-state index contributed by atoms with van der Waals surface area (Å²) >= 11 is 0. The molecule has 0 aromatic heterocycles. The highest BCUT2D eigenvalue weighted by Gasteiger charge is 2.78. The number of nitrogens with zero attached hydrogens (tertiary/aromatic N) is 2. The van der Waals surface area contributed by atoms with Crippen LogP contribution in [0, 0.1) is 11.8 Å². The number of hydrogen-bond donors (Lipinski definition) is 1. The molecule has 8 nitrogen and oxygen atoms in total. The van der Waals surface area contributed by atoms with E-state index in [-0.39, 0.29) is 37.6 Å². The van der Waals surface area contributed by atoms with Crippen LogP contribution in [0.15, 0.2) is 25.3 Å². The van der Waals surface area contributed by atoms with Crippen LogP contribution in [0.2, 0.25) is 0 Å². The molecular formula is C27H42N2O6. The summed E-state index contributed by atoms with van der Waals surface area (Å²) in [4.78, 5) is 44.3. The Morgan fingerprint density at radius 2 is 2.06 bits per heavy atom. The number of carbonyl (C=O) groups is 3. The van der Waals surface area contributed by atoms with E-state index in [2.05, 4.69) is 20.1 Å². The Balaban J connectivity index is 1.93. The number of β-amino-alcohol motifs (C(OH)–C–C–N with tert-alkyl or cyclic N) is 1. The largest absolute Gasteiger partial charge is 0.465 e. The first-order valence-corrected chi connectivity index (χ1v) is 13.0. The zero-order valence-corrected chi connectivity index (χ0v) is 21.5. The summed E-state index contributed by atoms with van der Waals surface area (Å²) in [5.74, 6) is -2.53. The third-order valence-electron chi connectivity index (χ3n) is 8.00. The molecule has 3 fully saturated rings. The van der Waals surface area contributed by atoms with Crippen molar-refractivity contribution in [1.29, 1.82) is 0 Å². The van der Waals surface area contributed by atoms with E-state index in [1.54, 1.807) is 11.0 Å². The molecule has 8 heteroatoms. The number of unbranched alkanes of at least 4 members (excludes halogenated alkanes) is 2. The van der Waals surface area contributed by atoms with E-state index in [4.69, 9.17) is 9.47 Å². The van der Waals surface area contributed by atoms with Crippen LogP contribution in [0.5, 0.6) is 0 Å². The highest BCUT2D eigenvalue weighted by molar-refractivity contribution is 5.98. The van der Waals surface area contributed by atoms with Crippen LogP contribution in [0.4, 0.5) is 0 Å². The van der Waals surface area contributed by atoms with Gasteiger partial charge in [-0.1, -0.05) is 25.5 Å². The number of ether oxygens (including phenoxy) is 2. The normalized spacial score (nSPS) is 31.8. The van der Waals surface area contributed by atoms with Crippen LogP contribution in [0.1, 0.15) is 65.7 Å². The van der Waals surface area contributed by atoms with Crippen molar-refractivity contribution >= 4 is 17.8 Å². The molecule has 0 aromatic carbocycles. The van der Waals surface area contributed by atoms with Gasteiger partial charge in [0.1, 0.15) is 17.6 Å². The second-order valence-electron chi connectivity index (χ2n) is 10.4. The molecule has 2 amide bonds. The number of hydrogen-bond acceptors (Lipinski definition) is 6. The van der Waals surface area contributed by atoms with Crippen molar-refractivity contribution in [1.82, 2.24) is 9.80 Å². The number of likely N-dealkylation sites (tertiary alicyclic amines) is 1. The average Bonchev–Trinajstić information content (AvgIpc) is 3.38. The van der Waals surface area contributed by atoms with Gasteiger partial charge in [0.15, 0.2) is 0 Å². The number of esters is 1. The van der Waals surface area contributed by atoms with Gasteiger partial charge in [0.2, 0.25) is 11.8 Å². The molecule has 2 bridgehead atoms. The Hall–Kier alpha value is -2.19. The van der Waals surface area contributed by atoms with Gasteiger partial charge in [0.25, 0.3) is 0 Å². The SMILES string of the molecule is C=CCCCCOC(=O)[C@H]1[C@H]2C(=O)N(CCO)C(C(=O)N(CC=C)C(C)CCC)C23CC[C@]1(C)O3. The third kappa shape index (κ3) is 4.79. The maximum Gasteiger partial charge on any atom is 0.312 e. The fourth-order valence-electron chi connectivity index (χ4n) is 6.42. The molecule has 0 radical (unpaired) electrons. The topological polar surface area (TPSA) is 96.4 Å². The Kier molecular flexibility index (Phi) is 8.81. The number of carbonyl (C=O) groups excluding carboxylic acids is 3. The number of aliphatic hydroxyl groups is 1. The number of aliphatic hydroxyl groups excluding tert-OH is 1. The van der Waals surface area contributed by atoms with Crippen LogP contribution < -0.4 is 0 Å². The van der Waals surface area contributed by atoms with Crippen LogP contribution in [-0.2, 0) is 23.9 Å². The summed E-state index contributed by atoms with van der Waals surface area (Å²) in [5.41, 5.74) is -1.96. The molecule has 3 aliphatic heterocycles. The van der Waals surface area contributed by atoms with Crippen molar-refractivity contribution in [2.75, 3.05) is 26.3 Å². The quantitative estimate of drug-likeness (QED) is 0.229. The summed E-state index contributed by atoms with van der Waals surface area (Å²) in [6.07, 6.45) is 8.76.